The second-order valence-electron chi connectivity index (χ2n) is 3.83. The molecule has 1 aliphatic heterocycles. The first-order valence-corrected chi connectivity index (χ1v) is 5.98. The number of rotatable bonds is 2. The van der Waals surface area contributed by atoms with Crippen molar-refractivity contribution in [1.82, 2.24) is 4.98 Å². The lowest BCUT2D eigenvalue weighted by Gasteiger charge is -2.23. The van der Waals surface area contributed by atoms with Crippen molar-refractivity contribution >= 4 is 27.7 Å². The number of aromatic nitrogens is 1. The van der Waals surface area contributed by atoms with Gasteiger partial charge in [0.1, 0.15) is 17.9 Å². The van der Waals surface area contributed by atoms with Crippen molar-refractivity contribution in [2.24, 2.45) is 0 Å². The molecule has 1 aromatic heterocycles. The maximum absolute atomic E-state index is 11.1. The molecule has 0 aromatic carbocycles. The number of pyridine rings is 1. The molecule has 0 bridgehead atoms. The predicted octanol–water partition coefficient (Wildman–Crippen LogP) is 1.77. The standard InChI is InChI=1S/C11H10BrN3O2/c12-8-4-7(5-13)10(14-6-8)15-3-1-2-9(15)11(16)17/h4,6,9H,1-3H2,(H,16,17)/t9-/m1/s1. The number of anilines is 1. The Labute approximate surface area is 107 Å². The molecule has 0 saturated carbocycles. The quantitative estimate of drug-likeness (QED) is 0.900. The molecule has 2 heterocycles. The van der Waals surface area contributed by atoms with Gasteiger partial charge >= 0.3 is 5.97 Å². The number of halogens is 1. The van der Waals surface area contributed by atoms with Crippen LogP contribution in [0.5, 0.6) is 0 Å². The van der Waals surface area contributed by atoms with E-state index in [2.05, 4.69) is 20.9 Å². The minimum atomic E-state index is -0.865. The highest BCUT2D eigenvalue weighted by Gasteiger charge is 2.32. The Hall–Kier alpha value is -1.61. The summed E-state index contributed by atoms with van der Waals surface area (Å²) in [6, 6.07) is 3.12. The van der Waals surface area contributed by atoms with Crippen LogP contribution < -0.4 is 4.90 Å². The van der Waals surface area contributed by atoms with Gasteiger partial charge < -0.3 is 10.0 Å². The molecule has 17 heavy (non-hydrogen) atoms. The topological polar surface area (TPSA) is 77.2 Å². The van der Waals surface area contributed by atoms with Gasteiger partial charge in [-0.1, -0.05) is 0 Å². The van der Waals surface area contributed by atoms with Gasteiger partial charge in [-0.15, -0.1) is 0 Å². The fourth-order valence-electron chi connectivity index (χ4n) is 2.02. The van der Waals surface area contributed by atoms with Gasteiger partial charge in [0.2, 0.25) is 0 Å². The first-order valence-electron chi connectivity index (χ1n) is 5.18. The highest BCUT2D eigenvalue weighted by molar-refractivity contribution is 9.10. The SMILES string of the molecule is N#Cc1cc(Br)cnc1N1CCC[C@@H]1C(=O)O. The third-order valence-corrected chi connectivity index (χ3v) is 3.20. The lowest BCUT2D eigenvalue weighted by atomic mass is 10.2. The van der Waals surface area contributed by atoms with Crippen LogP contribution in [-0.2, 0) is 4.79 Å². The molecule has 6 heteroatoms. The molecule has 1 aromatic rings. The van der Waals surface area contributed by atoms with Gasteiger partial charge in [-0.25, -0.2) is 9.78 Å². The minimum Gasteiger partial charge on any atom is -0.480 e. The summed E-state index contributed by atoms with van der Waals surface area (Å²) in [5, 5.41) is 18.1. The number of nitrogens with zero attached hydrogens (tertiary/aromatic N) is 3. The van der Waals surface area contributed by atoms with Crippen molar-refractivity contribution in [3.05, 3.63) is 22.3 Å². The van der Waals surface area contributed by atoms with Crippen LogP contribution in [0.2, 0.25) is 0 Å². The summed E-state index contributed by atoms with van der Waals surface area (Å²) >= 11 is 3.24. The lowest BCUT2D eigenvalue weighted by Crippen LogP contribution is -2.36. The lowest BCUT2D eigenvalue weighted by molar-refractivity contribution is -0.138. The number of carbonyl (C=O) groups is 1. The Morgan fingerprint density at radius 1 is 1.71 bits per heavy atom. The maximum atomic E-state index is 11.1. The first-order chi connectivity index (χ1) is 8.13. The molecule has 0 aliphatic carbocycles. The van der Waals surface area contributed by atoms with Gasteiger partial charge in [0.05, 0.1) is 5.56 Å². The number of nitriles is 1. The molecule has 5 nitrogen and oxygen atoms in total. The van der Waals surface area contributed by atoms with Crippen molar-refractivity contribution in [3.63, 3.8) is 0 Å². The summed E-state index contributed by atoms with van der Waals surface area (Å²) in [4.78, 5) is 16.9. The summed E-state index contributed by atoms with van der Waals surface area (Å²) < 4.78 is 0.712. The van der Waals surface area contributed by atoms with E-state index in [1.54, 1.807) is 17.2 Å². The van der Waals surface area contributed by atoms with Crippen LogP contribution >= 0.6 is 15.9 Å². The summed E-state index contributed by atoms with van der Waals surface area (Å²) in [6.45, 7) is 0.625. The van der Waals surface area contributed by atoms with E-state index in [4.69, 9.17) is 10.4 Å². The zero-order valence-corrected chi connectivity index (χ0v) is 10.5. The second-order valence-corrected chi connectivity index (χ2v) is 4.74. The Morgan fingerprint density at radius 3 is 3.12 bits per heavy atom. The zero-order valence-electron chi connectivity index (χ0n) is 8.93. The first kappa shape index (κ1) is 11.9. The van der Waals surface area contributed by atoms with Crippen LogP contribution in [0.4, 0.5) is 5.82 Å². The van der Waals surface area contributed by atoms with Crippen molar-refractivity contribution in [3.8, 4) is 6.07 Å². The molecule has 1 saturated heterocycles. The average molecular weight is 296 g/mol. The van der Waals surface area contributed by atoms with Crippen LogP contribution in [0.1, 0.15) is 18.4 Å². The Morgan fingerprint density at radius 2 is 2.47 bits per heavy atom. The highest BCUT2D eigenvalue weighted by Crippen LogP contribution is 2.28. The summed E-state index contributed by atoms with van der Waals surface area (Å²) in [6.07, 6.45) is 2.98. The monoisotopic (exact) mass is 295 g/mol. The molecular formula is C11H10BrN3O2. The van der Waals surface area contributed by atoms with Crippen LogP contribution in [0.15, 0.2) is 16.7 Å². The molecule has 0 unspecified atom stereocenters. The fourth-order valence-corrected chi connectivity index (χ4v) is 2.35. The van der Waals surface area contributed by atoms with E-state index in [1.807, 2.05) is 6.07 Å². The molecule has 2 rings (SSSR count). The summed E-state index contributed by atoms with van der Waals surface area (Å²) in [7, 11) is 0. The molecule has 88 valence electrons. The third-order valence-electron chi connectivity index (χ3n) is 2.76. The van der Waals surface area contributed by atoms with Crippen LogP contribution in [-0.4, -0.2) is 28.6 Å². The summed E-state index contributed by atoms with van der Waals surface area (Å²) in [5.74, 6) is -0.406. The highest BCUT2D eigenvalue weighted by atomic mass is 79.9. The second kappa shape index (κ2) is 4.72. The van der Waals surface area contributed by atoms with Crippen molar-refractivity contribution in [2.45, 2.75) is 18.9 Å². The van der Waals surface area contributed by atoms with E-state index in [9.17, 15) is 4.79 Å². The third kappa shape index (κ3) is 2.24. The van der Waals surface area contributed by atoms with Crippen LogP contribution in [0, 0.1) is 11.3 Å². The Kier molecular flexibility index (Phi) is 3.29. The number of hydrogen-bond donors (Lipinski definition) is 1. The number of aliphatic carboxylic acids is 1. The van der Waals surface area contributed by atoms with E-state index in [0.29, 0.717) is 28.8 Å². The Bertz CT molecular complexity index is 498. The van der Waals surface area contributed by atoms with Crippen LogP contribution in [0.3, 0.4) is 0 Å². The molecular weight excluding hydrogens is 286 g/mol. The van der Waals surface area contributed by atoms with Gasteiger partial charge in [-0.3, -0.25) is 0 Å². The molecule has 0 amide bonds. The maximum Gasteiger partial charge on any atom is 0.326 e. The van der Waals surface area contributed by atoms with Crippen LogP contribution in [0.25, 0.3) is 0 Å². The molecule has 1 fully saturated rings. The van der Waals surface area contributed by atoms with E-state index >= 15 is 0 Å². The Balaban J connectivity index is 2.40. The van der Waals surface area contributed by atoms with Crippen molar-refractivity contribution < 1.29 is 9.90 Å². The molecule has 0 spiro atoms. The minimum absolute atomic E-state index is 0.396. The molecule has 1 atom stereocenters. The van der Waals surface area contributed by atoms with E-state index < -0.39 is 12.0 Å². The average Bonchev–Trinajstić information content (AvgIpc) is 2.77. The fraction of sp³-hybridized carbons (Fsp3) is 0.364. The van der Waals surface area contributed by atoms with Gasteiger partial charge in [0.25, 0.3) is 0 Å². The number of hydrogen-bond acceptors (Lipinski definition) is 4. The van der Waals surface area contributed by atoms with E-state index in [0.717, 1.165) is 6.42 Å². The number of carboxylic acids is 1. The normalized spacial score (nSPS) is 19.1. The largest absolute Gasteiger partial charge is 0.480 e. The number of carboxylic acid groups (broad SMARTS) is 1. The molecule has 1 N–H and O–H groups in total. The van der Waals surface area contributed by atoms with Gasteiger partial charge in [-0.2, -0.15) is 5.26 Å². The summed E-state index contributed by atoms with van der Waals surface area (Å²) in [5.41, 5.74) is 0.396. The zero-order chi connectivity index (χ0) is 12.4. The van der Waals surface area contributed by atoms with Gasteiger partial charge in [-0.05, 0) is 34.8 Å². The van der Waals surface area contributed by atoms with Crippen molar-refractivity contribution in [2.75, 3.05) is 11.4 Å². The smallest absolute Gasteiger partial charge is 0.326 e. The van der Waals surface area contributed by atoms with E-state index in [-0.39, 0.29) is 0 Å². The van der Waals surface area contributed by atoms with E-state index in [1.165, 1.54) is 0 Å². The van der Waals surface area contributed by atoms with Gasteiger partial charge in [0, 0.05) is 17.2 Å². The van der Waals surface area contributed by atoms with Gasteiger partial charge in [0.15, 0.2) is 0 Å². The van der Waals surface area contributed by atoms with Crippen molar-refractivity contribution in [1.29, 1.82) is 5.26 Å². The molecule has 1 aliphatic rings. The molecule has 0 radical (unpaired) electrons. The predicted molar refractivity (Wildman–Crippen MR) is 64.7 cm³/mol.